The molecule has 0 bridgehead atoms. The predicted molar refractivity (Wildman–Crippen MR) is 86.6 cm³/mol. The van der Waals surface area contributed by atoms with E-state index in [0.717, 1.165) is 18.4 Å². The minimum absolute atomic E-state index is 0.0264. The molecule has 0 amide bonds. The van der Waals surface area contributed by atoms with E-state index >= 15 is 0 Å². The summed E-state index contributed by atoms with van der Waals surface area (Å²) >= 11 is 0. The van der Waals surface area contributed by atoms with Crippen molar-refractivity contribution in [2.45, 2.75) is 63.3 Å². The Morgan fingerprint density at radius 1 is 1.29 bits per heavy atom. The van der Waals surface area contributed by atoms with Gasteiger partial charge in [0.15, 0.2) is 0 Å². The molecule has 1 fully saturated rings. The number of aryl methyl sites for hydroxylation is 1. The third kappa shape index (κ3) is 3.98. The first-order valence-electron chi connectivity index (χ1n) is 7.84. The maximum absolute atomic E-state index is 12.7. The summed E-state index contributed by atoms with van der Waals surface area (Å²) < 4.78 is 28.2. The van der Waals surface area contributed by atoms with Crippen molar-refractivity contribution < 1.29 is 8.42 Å². The molecular weight excluding hydrogens is 284 g/mol. The van der Waals surface area contributed by atoms with E-state index in [1.807, 2.05) is 13.8 Å². The number of benzene rings is 1. The Labute approximate surface area is 128 Å². The molecule has 2 rings (SSSR count). The first kappa shape index (κ1) is 16.3. The van der Waals surface area contributed by atoms with Crippen molar-refractivity contribution in [3.8, 4) is 0 Å². The van der Waals surface area contributed by atoms with Crippen LogP contribution >= 0.6 is 0 Å². The Balaban J connectivity index is 2.19. The summed E-state index contributed by atoms with van der Waals surface area (Å²) in [6.45, 7) is 3.93. The summed E-state index contributed by atoms with van der Waals surface area (Å²) in [4.78, 5) is 0.327. The number of hydrogen-bond acceptors (Lipinski definition) is 3. The molecule has 0 saturated heterocycles. The van der Waals surface area contributed by atoms with E-state index in [1.54, 1.807) is 18.2 Å². The van der Waals surface area contributed by atoms with E-state index in [1.165, 1.54) is 19.3 Å². The highest BCUT2D eigenvalue weighted by atomic mass is 32.2. The van der Waals surface area contributed by atoms with Gasteiger partial charge in [-0.05, 0) is 49.8 Å². The predicted octanol–water partition coefficient (Wildman–Crippen LogP) is 3.08. The molecule has 0 radical (unpaired) electrons. The molecule has 4 nitrogen and oxygen atoms in total. The SMILES string of the molecule is CCc1ccc(N)cc1S(=O)(=O)NC(C)C1CCCCC1. The zero-order valence-electron chi connectivity index (χ0n) is 12.9. The van der Waals surface area contributed by atoms with E-state index in [0.29, 0.717) is 22.9 Å². The second kappa shape index (κ2) is 6.79. The fraction of sp³-hybridized carbons (Fsp3) is 0.625. The molecule has 1 saturated carbocycles. The average molecular weight is 310 g/mol. The topological polar surface area (TPSA) is 72.2 Å². The van der Waals surface area contributed by atoms with E-state index in [9.17, 15) is 8.42 Å². The van der Waals surface area contributed by atoms with Gasteiger partial charge in [0, 0.05) is 11.7 Å². The Bertz CT molecular complexity index is 578. The summed E-state index contributed by atoms with van der Waals surface area (Å²) in [6, 6.07) is 5.09. The Kier molecular flexibility index (Phi) is 5.27. The van der Waals surface area contributed by atoms with Gasteiger partial charge in [-0.25, -0.2) is 13.1 Å². The number of nitrogens with two attached hydrogens (primary N) is 1. The molecule has 0 aliphatic heterocycles. The number of nitrogens with one attached hydrogen (secondary N) is 1. The normalized spacial score (nSPS) is 18.6. The molecule has 1 aliphatic carbocycles. The van der Waals surface area contributed by atoms with Crippen molar-refractivity contribution in [2.75, 3.05) is 5.73 Å². The minimum atomic E-state index is -3.50. The van der Waals surface area contributed by atoms with Crippen molar-refractivity contribution in [3.05, 3.63) is 23.8 Å². The van der Waals surface area contributed by atoms with Crippen LogP contribution in [0, 0.1) is 5.92 Å². The lowest BCUT2D eigenvalue weighted by Gasteiger charge is -2.28. The largest absolute Gasteiger partial charge is 0.399 e. The molecule has 3 N–H and O–H groups in total. The second-order valence-corrected chi connectivity index (χ2v) is 7.71. The zero-order chi connectivity index (χ0) is 15.5. The molecule has 1 aromatic rings. The third-order valence-corrected chi connectivity index (χ3v) is 6.10. The average Bonchev–Trinajstić information content (AvgIpc) is 2.47. The monoisotopic (exact) mass is 310 g/mol. The summed E-state index contributed by atoms with van der Waals surface area (Å²) in [7, 11) is -3.50. The molecule has 118 valence electrons. The van der Waals surface area contributed by atoms with Crippen LogP contribution < -0.4 is 10.5 Å². The molecule has 0 aromatic heterocycles. The lowest BCUT2D eigenvalue weighted by atomic mass is 9.85. The van der Waals surface area contributed by atoms with Gasteiger partial charge in [0.25, 0.3) is 0 Å². The minimum Gasteiger partial charge on any atom is -0.399 e. The summed E-state index contributed by atoms with van der Waals surface area (Å²) in [5.74, 6) is 0.444. The van der Waals surface area contributed by atoms with Crippen molar-refractivity contribution in [1.29, 1.82) is 0 Å². The molecule has 1 unspecified atom stereocenters. The van der Waals surface area contributed by atoms with E-state index in [4.69, 9.17) is 5.73 Å². The second-order valence-electron chi connectivity index (χ2n) is 6.03. The van der Waals surface area contributed by atoms with Gasteiger partial charge >= 0.3 is 0 Å². The first-order valence-corrected chi connectivity index (χ1v) is 9.33. The molecule has 1 aromatic carbocycles. The highest BCUT2D eigenvalue weighted by Gasteiger charge is 2.26. The van der Waals surface area contributed by atoms with Crippen LogP contribution in [0.1, 0.15) is 51.5 Å². The van der Waals surface area contributed by atoms with Crippen molar-refractivity contribution >= 4 is 15.7 Å². The molecule has 21 heavy (non-hydrogen) atoms. The Morgan fingerprint density at radius 3 is 2.57 bits per heavy atom. The van der Waals surface area contributed by atoms with Crippen LogP contribution in [0.2, 0.25) is 0 Å². The van der Waals surface area contributed by atoms with Crippen LogP contribution in [0.4, 0.5) is 5.69 Å². The van der Waals surface area contributed by atoms with Gasteiger partial charge in [-0.3, -0.25) is 0 Å². The lowest BCUT2D eigenvalue weighted by molar-refractivity contribution is 0.303. The quantitative estimate of drug-likeness (QED) is 0.821. The number of rotatable bonds is 5. The summed E-state index contributed by atoms with van der Waals surface area (Å²) in [5, 5.41) is 0. The Hall–Kier alpha value is -1.07. The van der Waals surface area contributed by atoms with Gasteiger partial charge in [-0.2, -0.15) is 0 Å². The summed E-state index contributed by atoms with van der Waals surface area (Å²) in [5.41, 5.74) is 7.06. The smallest absolute Gasteiger partial charge is 0.241 e. The van der Waals surface area contributed by atoms with E-state index in [-0.39, 0.29) is 6.04 Å². The maximum atomic E-state index is 12.7. The Morgan fingerprint density at radius 2 is 1.95 bits per heavy atom. The highest BCUT2D eigenvalue weighted by molar-refractivity contribution is 7.89. The number of anilines is 1. The van der Waals surface area contributed by atoms with Gasteiger partial charge in [0.1, 0.15) is 0 Å². The van der Waals surface area contributed by atoms with Crippen LogP contribution in [-0.2, 0) is 16.4 Å². The fourth-order valence-electron chi connectivity index (χ4n) is 3.15. The van der Waals surface area contributed by atoms with Gasteiger partial charge in [0.2, 0.25) is 10.0 Å². The molecule has 1 aliphatic rings. The molecule has 0 spiro atoms. The molecule has 5 heteroatoms. The van der Waals surface area contributed by atoms with Crippen LogP contribution in [0.5, 0.6) is 0 Å². The van der Waals surface area contributed by atoms with Crippen molar-refractivity contribution in [2.24, 2.45) is 5.92 Å². The van der Waals surface area contributed by atoms with Gasteiger partial charge in [-0.1, -0.05) is 32.3 Å². The maximum Gasteiger partial charge on any atom is 0.241 e. The van der Waals surface area contributed by atoms with Crippen molar-refractivity contribution in [3.63, 3.8) is 0 Å². The van der Waals surface area contributed by atoms with E-state index in [2.05, 4.69) is 4.72 Å². The first-order chi connectivity index (χ1) is 9.94. The van der Waals surface area contributed by atoms with Gasteiger partial charge in [0.05, 0.1) is 4.90 Å². The zero-order valence-corrected chi connectivity index (χ0v) is 13.7. The molecule has 1 atom stereocenters. The van der Waals surface area contributed by atoms with Crippen LogP contribution in [-0.4, -0.2) is 14.5 Å². The van der Waals surface area contributed by atoms with Crippen LogP contribution in [0.15, 0.2) is 23.1 Å². The molecule has 0 heterocycles. The van der Waals surface area contributed by atoms with Crippen LogP contribution in [0.3, 0.4) is 0 Å². The fourth-order valence-corrected chi connectivity index (χ4v) is 4.81. The lowest BCUT2D eigenvalue weighted by Crippen LogP contribution is -2.39. The summed E-state index contributed by atoms with van der Waals surface area (Å²) in [6.07, 6.45) is 6.58. The van der Waals surface area contributed by atoms with Crippen molar-refractivity contribution in [1.82, 2.24) is 4.72 Å². The third-order valence-electron chi connectivity index (χ3n) is 4.46. The standard InChI is InChI=1S/C16H26N2O2S/c1-3-13-9-10-15(17)11-16(13)21(19,20)18-12(2)14-7-5-4-6-8-14/h9-12,14,18H,3-8,17H2,1-2H3. The van der Waals surface area contributed by atoms with Gasteiger partial charge < -0.3 is 5.73 Å². The number of sulfonamides is 1. The van der Waals surface area contributed by atoms with Gasteiger partial charge in [-0.15, -0.1) is 0 Å². The van der Waals surface area contributed by atoms with Crippen LogP contribution in [0.25, 0.3) is 0 Å². The van der Waals surface area contributed by atoms with E-state index < -0.39 is 10.0 Å². The number of hydrogen-bond donors (Lipinski definition) is 2. The molecular formula is C16H26N2O2S. The number of nitrogen functional groups attached to an aromatic ring is 1. The highest BCUT2D eigenvalue weighted by Crippen LogP contribution is 2.28.